The number of alkyl halides is 3. The van der Waals surface area contributed by atoms with Crippen LogP contribution in [-0.2, 0) is 6.18 Å². The summed E-state index contributed by atoms with van der Waals surface area (Å²) in [5.41, 5.74) is -0.0738. The molecule has 0 spiro atoms. The molecule has 3 rings (SSSR count). The van der Waals surface area contributed by atoms with Crippen LogP contribution in [0.3, 0.4) is 0 Å². The molecule has 7 nitrogen and oxygen atoms in total. The van der Waals surface area contributed by atoms with Gasteiger partial charge in [-0.1, -0.05) is 0 Å². The first kappa shape index (κ1) is 19.8. The van der Waals surface area contributed by atoms with Gasteiger partial charge in [-0.15, -0.1) is 0 Å². The molecule has 1 aromatic heterocycles. The van der Waals surface area contributed by atoms with Crippen LogP contribution in [0.5, 0.6) is 0 Å². The summed E-state index contributed by atoms with van der Waals surface area (Å²) in [5, 5.41) is 14.2. The number of aromatic nitrogens is 1. The van der Waals surface area contributed by atoms with Gasteiger partial charge in [-0.25, -0.2) is 4.98 Å². The monoisotopic (exact) mass is 412 g/mol. The maximum Gasteiger partial charge on any atom is 0.419 e. The molecular weight excluding hydrogens is 395 g/mol. The average Bonchev–Trinajstić information content (AvgIpc) is 2.68. The lowest BCUT2D eigenvalue weighted by Crippen LogP contribution is -2.51. The minimum absolute atomic E-state index is 0.00197. The number of hydrogen-bond donors (Lipinski definition) is 1. The third-order valence-electron chi connectivity index (χ3n) is 4.36. The molecule has 0 saturated carbocycles. The number of non-ortho nitro benzene ring substituents is 1. The Kier molecular flexibility index (Phi) is 5.63. The Balaban J connectivity index is 1.54. The summed E-state index contributed by atoms with van der Waals surface area (Å²) in [6.45, 7) is 2.36. The Labute approximate surface area is 163 Å². The summed E-state index contributed by atoms with van der Waals surface area (Å²) >= 11 is 5.38. The molecule has 1 fully saturated rings. The highest BCUT2D eigenvalue weighted by Gasteiger charge is 2.32. The van der Waals surface area contributed by atoms with Crippen LogP contribution in [-0.4, -0.2) is 41.1 Å². The topological polar surface area (TPSA) is 75.8 Å². The number of H-pyrrole nitrogens is 1. The van der Waals surface area contributed by atoms with Crippen molar-refractivity contribution in [3.63, 3.8) is 0 Å². The van der Waals surface area contributed by atoms with Gasteiger partial charge >= 0.3 is 6.18 Å². The van der Waals surface area contributed by atoms with Gasteiger partial charge in [0.2, 0.25) is 0 Å². The molecule has 2 heterocycles. The number of nitro groups is 1. The minimum Gasteiger partial charge on any atom is -0.341 e. The second kappa shape index (κ2) is 7.97. The van der Waals surface area contributed by atoms with Crippen LogP contribution < -0.4 is 15.2 Å². The van der Waals surface area contributed by atoms with Crippen molar-refractivity contribution in [3.05, 3.63) is 58.3 Å². The van der Waals surface area contributed by atoms with Gasteiger partial charge in [0.1, 0.15) is 19.3 Å². The van der Waals surface area contributed by atoms with Gasteiger partial charge in [0.05, 0.1) is 23.6 Å². The number of aromatic amines is 1. The Morgan fingerprint density at radius 1 is 1.11 bits per heavy atom. The first-order chi connectivity index (χ1) is 13.2. The van der Waals surface area contributed by atoms with E-state index in [1.165, 1.54) is 18.2 Å². The lowest BCUT2D eigenvalue weighted by Gasteiger charge is -2.32. The number of halogens is 3. The summed E-state index contributed by atoms with van der Waals surface area (Å²) in [6.07, 6.45) is -3.41. The van der Waals surface area contributed by atoms with Crippen LogP contribution in [0.15, 0.2) is 42.6 Å². The van der Waals surface area contributed by atoms with E-state index in [9.17, 15) is 23.3 Å². The maximum absolute atomic E-state index is 12.6. The fourth-order valence-corrected chi connectivity index (χ4v) is 3.11. The smallest absolute Gasteiger partial charge is 0.341 e. The number of anilines is 2. The Bertz CT molecular complexity index is 851. The second-order valence-electron chi connectivity index (χ2n) is 6.17. The third-order valence-corrected chi connectivity index (χ3v) is 4.72. The van der Waals surface area contributed by atoms with Crippen molar-refractivity contribution in [1.82, 2.24) is 4.90 Å². The normalized spacial score (nSPS) is 14.7. The number of rotatable bonds is 3. The lowest BCUT2D eigenvalue weighted by molar-refractivity contribution is -0.384. The van der Waals surface area contributed by atoms with Crippen LogP contribution >= 0.6 is 12.2 Å². The predicted molar refractivity (Wildman–Crippen MR) is 101 cm³/mol. The fourth-order valence-electron chi connectivity index (χ4n) is 2.81. The zero-order valence-electron chi connectivity index (χ0n) is 14.6. The van der Waals surface area contributed by atoms with Gasteiger partial charge in [0.15, 0.2) is 5.11 Å². The molecule has 11 heteroatoms. The van der Waals surface area contributed by atoms with Gasteiger partial charge < -0.3 is 10.2 Å². The van der Waals surface area contributed by atoms with Crippen LogP contribution in [0.25, 0.3) is 0 Å². The van der Waals surface area contributed by atoms with E-state index >= 15 is 0 Å². The number of pyridine rings is 1. The van der Waals surface area contributed by atoms with Crippen LogP contribution in [0.4, 0.5) is 30.4 Å². The largest absolute Gasteiger partial charge is 0.419 e. The van der Waals surface area contributed by atoms with Crippen molar-refractivity contribution in [2.45, 2.75) is 6.18 Å². The zero-order chi connectivity index (χ0) is 20.3. The Morgan fingerprint density at radius 3 is 2.25 bits per heavy atom. The molecule has 1 aliphatic rings. The molecule has 2 aromatic rings. The fraction of sp³-hybridized carbons (Fsp3) is 0.294. The molecule has 148 valence electrons. The quantitative estimate of drug-likeness (QED) is 0.475. The predicted octanol–water partition coefficient (Wildman–Crippen LogP) is 2.95. The Hall–Kier alpha value is -2.95. The molecule has 1 saturated heterocycles. The molecule has 1 aromatic carbocycles. The summed E-state index contributed by atoms with van der Waals surface area (Å²) in [7, 11) is 0. The molecule has 0 radical (unpaired) electrons. The summed E-state index contributed by atoms with van der Waals surface area (Å²) in [6, 6.07) is 8.42. The zero-order valence-corrected chi connectivity index (χ0v) is 15.4. The minimum atomic E-state index is -4.37. The molecule has 0 unspecified atom stereocenters. The van der Waals surface area contributed by atoms with Crippen molar-refractivity contribution in [3.8, 4) is 0 Å². The molecule has 0 bridgehead atoms. The van der Waals surface area contributed by atoms with Crippen molar-refractivity contribution in [1.29, 1.82) is 0 Å². The van der Waals surface area contributed by atoms with E-state index in [1.807, 2.05) is 9.80 Å². The number of nitrogens with zero attached hydrogens (tertiary/aromatic N) is 3. The SMILES string of the molecule is O=[N+]([O-])c1ccc(NC(=S)N2CCN(c3ccc(C(F)(F)F)c[nH+]3)CC2)cc1. The van der Waals surface area contributed by atoms with E-state index in [0.29, 0.717) is 42.8 Å². The van der Waals surface area contributed by atoms with Crippen molar-refractivity contribution in [2.24, 2.45) is 0 Å². The molecular formula is C17H17F3N5O2S+. The summed E-state index contributed by atoms with van der Waals surface area (Å²) < 4.78 is 37.9. The molecule has 1 aliphatic heterocycles. The molecule has 0 amide bonds. The van der Waals surface area contributed by atoms with E-state index in [-0.39, 0.29) is 5.69 Å². The van der Waals surface area contributed by atoms with Gasteiger partial charge in [-0.05, 0) is 30.4 Å². The van der Waals surface area contributed by atoms with Crippen LogP contribution in [0.2, 0.25) is 0 Å². The Morgan fingerprint density at radius 2 is 1.75 bits per heavy atom. The van der Waals surface area contributed by atoms with Crippen LogP contribution in [0.1, 0.15) is 5.56 Å². The van der Waals surface area contributed by atoms with E-state index in [4.69, 9.17) is 12.2 Å². The van der Waals surface area contributed by atoms with Gasteiger partial charge in [0.25, 0.3) is 11.5 Å². The third kappa shape index (κ3) is 4.66. The van der Waals surface area contributed by atoms with Crippen molar-refractivity contribution in [2.75, 3.05) is 36.4 Å². The van der Waals surface area contributed by atoms with E-state index in [2.05, 4.69) is 10.3 Å². The first-order valence-electron chi connectivity index (χ1n) is 8.38. The number of thiocarbonyl (C=S) groups is 1. The number of benzene rings is 1. The highest BCUT2D eigenvalue weighted by Crippen LogP contribution is 2.28. The van der Waals surface area contributed by atoms with Crippen LogP contribution in [0, 0.1) is 10.1 Å². The highest BCUT2D eigenvalue weighted by atomic mass is 32.1. The lowest BCUT2D eigenvalue weighted by atomic mass is 10.2. The summed E-state index contributed by atoms with van der Waals surface area (Å²) in [4.78, 5) is 16.8. The van der Waals surface area contributed by atoms with Gasteiger partial charge in [0, 0.05) is 23.9 Å². The van der Waals surface area contributed by atoms with Crippen molar-refractivity contribution >= 4 is 34.5 Å². The van der Waals surface area contributed by atoms with E-state index < -0.39 is 16.7 Å². The van der Waals surface area contributed by atoms with E-state index in [0.717, 1.165) is 12.3 Å². The first-order valence-corrected chi connectivity index (χ1v) is 8.79. The molecule has 28 heavy (non-hydrogen) atoms. The number of nitro benzene ring substituents is 1. The maximum atomic E-state index is 12.6. The van der Waals surface area contributed by atoms with Gasteiger partial charge in [-0.3, -0.25) is 15.0 Å². The van der Waals surface area contributed by atoms with Crippen molar-refractivity contribution < 1.29 is 23.1 Å². The average molecular weight is 412 g/mol. The summed E-state index contributed by atoms with van der Waals surface area (Å²) in [5.74, 6) is 0.613. The standard InChI is InChI=1S/C17H16F3N5O2S/c18-17(19,20)12-1-6-15(21-11-12)23-7-9-24(10-8-23)16(28)22-13-2-4-14(5-3-13)25(26)27/h1-6,11H,7-10H2,(H,22,28)/p+1. The second-order valence-corrected chi connectivity index (χ2v) is 6.56. The van der Waals surface area contributed by atoms with Gasteiger partial charge in [-0.2, -0.15) is 13.2 Å². The number of hydrogen-bond acceptors (Lipinski definition) is 4. The molecule has 0 aliphatic carbocycles. The van der Waals surface area contributed by atoms with E-state index in [1.54, 1.807) is 12.1 Å². The molecule has 0 atom stereocenters. The highest BCUT2D eigenvalue weighted by molar-refractivity contribution is 7.80. The number of piperazine rings is 1. The number of nitrogens with one attached hydrogen (secondary N) is 2. The molecule has 2 N–H and O–H groups in total.